The van der Waals surface area contributed by atoms with Crippen molar-refractivity contribution in [2.75, 3.05) is 19.8 Å². The highest BCUT2D eigenvalue weighted by Crippen LogP contribution is 2.35. The van der Waals surface area contributed by atoms with Gasteiger partial charge in [-0.3, -0.25) is 18.9 Å². The molecule has 40 heavy (non-hydrogen) atoms. The lowest BCUT2D eigenvalue weighted by atomic mass is 10.1. The molecule has 236 valence electrons. The Kier molecular flexibility index (Phi) is 25.4. The van der Waals surface area contributed by atoms with Gasteiger partial charge in [-0.05, 0) is 19.3 Å². The number of hydrogen-bond acceptors (Lipinski definition) is 7. The molecule has 1 atom stereocenters. The maximum Gasteiger partial charge on any atom is 0.469 e. The second-order valence-corrected chi connectivity index (χ2v) is 11.8. The number of nitrogens with one attached hydrogen (secondary N) is 1. The molecule has 0 spiro atoms. The van der Waals surface area contributed by atoms with E-state index in [0.29, 0.717) is 12.8 Å². The second-order valence-electron chi connectivity index (χ2n) is 10.6. The zero-order chi connectivity index (χ0) is 29.9. The molecule has 0 rings (SSSR count). The molecule has 3 N–H and O–H groups in total. The number of phosphoric ester groups is 1. The Labute approximate surface area is 241 Å². The van der Waals surface area contributed by atoms with Crippen LogP contribution in [0.3, 0.4) is 0 Å². The highest BCUT2D eigenvalue weighted by Gasteiger charge is 2.22. The van der Waals surface area contributed by atoms with Crippen molar-refractivity contribution < 1.29 is 42.7 Å². The van der Waals surface area contributed by atoms with Gasteiger partial charge in [-0.2, -0.15) is 0 Å². The van der Waals surface area contributed by atoms with Crippen LogP contribution in [-0.4, -0.2) is 53.5 Å². The quantitative estimate of drug-likeness (QED) is 0.0524. The van der Waals surface area contributed by atoms with E-state index in [4.69, 9.17) is 19.3 Å². The van der Waals surface area contributed by atoms with Gasteiger partial charge in [0.25, 0.3) is 0 Å². The highest BCUT2D eigenvalue weighted by molar-refractivity contribution is 7.46. The Morgan fingerprint density at radius 1 is 0.675 bits per heavy atom. The maximum atomic E-state index is 12.2. The minimum atomic E-state index is -4.75. The first-order valence-corrected chi connectivity index (χ1v) is 17.0. The van der Waals surface area contributed by atoms with Crippen molar-refractivity contribution in [3.8, 4) is 0 Å². The maximum absolute atomic E-state index is 12.2. The first kappa shape index (κ1) is 38.5. The van der Waals surface area contributed by atoms with Crippen LogP contribution in [0.2, 0.25) is 0 Å². The van der Waals surface area contributed by atoms with Crippen LogP contribution in [0, 0.1) is 0 Å². The standard InChI is InChI=1S/C29H56NO9P/c1-3-4-5-6-7-8-9-13-16-19-22-29(33)39-27(25-38-40(34,35)36)24-37-28(32)21-18-15-12-10-11-14-17-20-23-30-26(2)31/h27H,3-25H2,1-2H3,(H,30,31)(H2,34,35,36)/t27-/m0/s1. The van der Waals surface area contributed by atoms with Crippen molar-refractivity contribution in [3.63, 3.8) is 0 Å². The minimum Gasteiger partial charge on any atom is -0.462 e. The molecular weight excluding hydrogens is 537 g/mol. The van der Waals surface area contributed by atoms with Crippen LogP contribution in [0.1, 0.15) is 142 Å². The third-order valence-corrected chi connectivity index (χ3v) is 7.06. The van der Waals surface area contributed by atoms with E-state index in [2.05, 4.69) is 16.8 Å². The van der Waals surface area contributed by atoms with E-state index in [1.54, 1.807) is 0 Å². The summed E-state index contributed by atoms with van der Waals surface area (Å²) in [7, 11) is -4.75. The van der Waals surface area contributed by atoms with Crippen LogP contribution in [0.15, 0.2) is 0 Å². The fourth-order valence-corrected chi connectivity index (χ4v) is 4.64. The molecule has 0 aromatic carbocycles. The summed E-state index contributed by atoms with van der Waals surface area (Å²) in [4.78, 5) is 53.1. The van der Waals surface area contributed by atoms with Gasteiger partial charge in [0.1, 0.15) is 6.61 Å². The van der Waals surface area contributed by atoms with Crippen LogP contribution in [0.25, 0.3) is 0 Å². The van der Waals surface area contributed by atoms with Crippen LogP contribution in [-0.2, 0) is 32.9 Å². The molecule has 1 amide bonds. The number of unbranched alkanes of at least 4 members (excludes halogenated alkanes) is 16. The van der Waals surface area contributed by atoms with Gasteiger partial charge >= 0.3 is 19.8 Å². The summed E-state index contributed by atoms with van der Waals surface area (Å²) < 4.78 is 26.1. The number of esters is 2. The molecule has 0 saturated carbocycles. The largest absolute Gasteiger partial charge is 0.469 e. The lowest BCUT2D eigenvalue weighted by Crippen LogP contribution is -2.29. The third-order valence-electron chi connectivity index (χ3n) is 6.57. The van der Waals surface area contributed by atoms with Gasteiger partial charge in [0.15, 0.2) is 6.10 Å². The fraction of sp³-hybridized carbons (Fsp3) is 0.897. The molecule has 0 aliphatic heterocycles. The topological polar surface area (TPSA) is 148 Å². The first-order valence-electron chi connectivity index (χ1n) is 15.4. The lowest BCUT2D eigenvalue weighted by molar-refractivity contribution is -0.161. The summed E-state index contributed by atoms with van der Waals surface area (Å²) in [5, 5.41) is 2.79. The number of hydrogen-bond donors (Lipinski definition) is 3. The van der Waals surface area contributed by atoms with Crippen molar-refractivity contribution in [3.05, 3.63) is 0 Å². The molecule has 0 unspecified atom stereocenters. The molecule has 0 aliphatic rings. The van der Waals surface area contributed by atoms with Gasteiger partial charge in [0.2, 0.25) is 5.91 Å². The smallest absolute Gasteiger partial charge is 0.462 e. The van der Waals surface area contributed by atoms with E-state index < -0.39 is 32.5 Å². The zero-order valence-corrected chi connectivity index (χ0v) is 25.9. The van der Waals surface area contributed by atoms with E-state index in [0.717, 1.165) is 70.8 Å². The predicted molar refractivity (Wildman–Crippen MR) is 156 cm³/mol. The van der Waals surface area contributed by atoms with Crippen molar-refractivity contribution in [1.82, 2.24) is 5.32 Å². The van der Waals surface area contributed by atoms with E-state index in [-0.39, 0.29) is 25.4 Å². The number of phosphoric acid groups is 1. The molecule has 0 aromatic rings. The molecule has 0 aliphatic carbocycles. The summed E-state index contributed by atoms with van der Waals surface area (Å²) in [5.41, 5.74) is 0. The van der Waals surface area contributed by atoms with Crippen molar-refractivity contribution in [1.29, 1.82) is 0 Å². The summed E-state index contributed by atoms with van der Waals surface area (Å²) in [6.07, 6.45) is 18.8. The van der Waals surface area contributed by atoms with Gasteiger partial charge in [0.05, 0.1) is 6.61 Å². The Morgan fingerprint density at radius 2 is 1.12 bits per heavy atom. The van der Waals surface area contributed by atoms with Gasteiger partial charge in [-0.25, -0.2) is 4.57 Å². The fourth-order valence-electron chi connectivity index (χ4n) is 4.28. The summed E-state index contributed by atoms with van der Waals surface area (Å²) in [6.45, 7) is 3.60. The van der Waals surface area contributed by atoms with Gasteiger partial charge < -0.3 is 24.6 Å². The molecule has 0 bridgehead atoms. The average Bonchev–Trinajstić information content (AvgIpc) is 2.89. The number of carbonyl (C=O) groups excluding carboxylic acids is 3. The average molecular weight is 594 g/mol. The highest BCUT2D eigenvalue weighted by atomic mass is 31.2. The van der Waals surface area contributed by atoms with E-state index in [1.165, 1.54) is 45.4 Å². The summed E-state index contributed by atoms with van der Waals surface area (Å²) >= 11 is 0. The van der Waals surface area contributed by atoms with Crippen LogP contribution >= 0.6 is 7.82 Å². The minimum absolute atomic E-state index is 0.00381. The van der Waals surface area contributed by atoms with Crippen LogP contribution < -0.4 is 5.32 Å². The first-order chi connectivity index (χ1) is 19.1. The second kappa shape index (κ2) is 26.4. The molecule has 0 aromatic heterocycles. The lowest BCUT2D eigenvalue weighted by Gasteiger charge is -2.18. The van der Waals surface area contributed by atoms with Crippen LogP contribution in [0.5, 0.6) is 0 Å². The van der Waals surface area contributed by atoms with Crippen molar-refractivity contribution in [2.45, 2.75) is 148 Å². The Hall–Kier alpha value is -1.48. The van der Waals surface area contributed by atoms with E-state index in [1.807, 2.05) is 0 Å². The molecule has 0 radical (unpaired) electrons. The Balaban J connectivity index is 4.02. The van der Waals surface area contributed by atoms with Crippen molar-refractivity contribution in [2.24, 2.45) is 0 Å². The zero-order valence-electron chi connectivity index (χ0n) is 25.0. The van der Waals surface area contributed by atoms with Gasteiger partial charge in [-0.15, -0.1) is 0 Å². The molecule has 10 nitrogen and oxygen atoms in total. The van der Waals surface area contributed by atoms with Gasteiger partial charge in [0, 0.05) is 26.3 Å². The third kappa shape index (κ3) is 29.5. The molecule has 0 heterocycles. The molecule has 0 fully saturated rings. The number of carbonyl (C=O) groups is 3. The monoisotopic (exact) mass is 593 g/mol. The number of amides is 1. The number of rotatable bonds is 28. The summed E-state index contributed by atoms with van der Waals surface area (Å²) in [5.74, 6) is -0.931. The normalized spacial score (nSPS) is 12.2. The number of ether oxygens (including phenoxy) is 2. The Morgan fingerprint density at radius 3 is 1.60 bits per heavy atom. The Bertz CT molecular complexity index is 699. The van der Waals surface area contributed by atoms with E-state index in [9.17, 15) is 18.9 Å². The molecule has 0 saturated heterocycles. The van der Waals surface area contributed by atoms with E-state index >= 15 is 0 Å². The SMILES string of the molecule is CCCCCCCCCCCCC(=O)O[C@@H](COC(=O)CCCCCCCCCCNC(C)=O)COP(=O)(O)O. The van der Waals surface area contributed by atoms with Crippen LogP contribution in [0.4, 0.5) is 0 Å². The molecular formula is C29H56NO9P. The predicted octanol–water partition coefficient (Wildman–Crippen LogP) is 6.51. The molecule has 11 heteroatoms. The summed E-state index contributed by atoms with van der Waals surface area (Å²) in [6, 6.07) is 0. The van der Waals surface area contributed by atoms with Gasteiger partial charge in [-0.1, -0.05) is 103 Å². The van der Waals surface area contributed by atoms with Crippen molar-refractivity contribution >= 4 is 25.7 Å².